The number of halogens is 2. The molecule has 15 nitrogen and oxygen atoms in total. The first kappa shape index (κ1) is 39.7. The Kier molecular flexibility index (Phi) is 11.8. The highest BCUT2D eigenvalue weighted by atomic mass is 35.5. The first-order valence-electron chi connectivity index (χ1n) is 18.8. The van der Waals surface area contributed by atoms with Crippen molar-refractivity contribution in [2.24, 2.45) is 7.05 Å². The van der Waals surface area contributed by atoms with Crippen LogP contribution in [0, 0.1) is 0 Å². The number of methoxy groups -OCH3 is 1. The summed E-state index contributed by atoms with van der Waals surface area (Å²) in [7, 11) is 3.32. The Labute approximate surface area is 340 Å². The van der Waals surface area contributed by atoms with Crippen LogP contribution in [-0.4, -0.2) is 94.9 Å². The third kappa shape index (κ3) is 8.60. The van der Waals surface area contributed by atoms with Gasteiger partial charge in [-0.3, -0.25) is 24.2 Å². The van der Waals surface area contributed by atoms with Gasteiger partial charge in [0, 0.05) is 92.9 Å². The van der Waals surface area contributed by atoms with Crippen LogP contribution in [0.1, 0.15) is 65.9 Å². The Morgan fingerprint density at radius 1 is 1.11 bits per heavy atom. The van der Waals surface area contributed by atoms with Gasteiger partial charge in [-0.15, -0.1) is 0 Å². The van der Waals surface area contributed by atoms with Gasteiger partial charge in [-0.25, -0.2) is 14.8 Å². The summed E-state index contributed by atoms with van der Waals surface area (Å²) in [6.07, 6.45) is 7.09. The van der Waals surface area contributed by atoms with Gasteiger partial charge in [0.25, 0.3) is 5.91 Å². The Morgan fingerprint density at radius 2 is 1.93 bits per heavy atom. The normalized spacial score (nSPS) is 15.4. The fourth-order valence-electron chi connectivity index (χ4n) is 7.28. The van der Waals surface area contributed by atoms with Crippen LogP contribution in [0.25, 0.3) is 22.5 Å². The summed E-state index contributed by atoms with van der Waals surface area (Å²) in [6, 6.07) is 10.5. The standard InChI is InChI=1S/C40H44Cl2N10O5/c1-23(2)52-19-24(18-44-52)13-16-50-17-14-32-31(22-50)46-37(49(32)3)38(54)47-30-7-5-6-28(34(30)41)36-35(42)27(12-15-43-36)29-10-8-25(39(48-29)57-4)20-51(40(55)56)21-26-9-11-33(53)45-26/h5-8,10,12,15,18-19,23,26H,9,11,13-14,16-17,20-22H2,1-4H3,(H,45,53)(H,47,54)(H,55,56)/t26-/m0/s1. The highest BCUT2D eigenvalue weighted by Crippen LogP contribution is 2.40. The molecule has 298 valence electrons. The van der Waals surface area contributed by atoms with E-state index in [2.05, 4.69) is 50.6 Å². The predicted molar refractivity (Wildman–Crippen MR) is 216 cm³/mol. The van der Waals surface area contributed by atoms with E-state index in [1.54, 1.807) is 42.6 Å². The molecule has 3 N–H and O–H groups in total. The Morgan fingerprint density at radius 3 is 2.65 bits per heavy atom. The van der Waals surface area contributed by atoms with Gasteiger partial charge < -0.3 is 29.9 Å². The van der Waals surface area contributed by atoms with Gasteiger partial charge in [-0.1, -0.05) is 35.3 Å². The SMILES string of the molecule is COc1nc(-c2ccnc(-c3cccc(NC(=O)c4nc5c(n4C)CCN(CCc4cnn(C(C)C)c4)C5)c3Cl)c2Cl)ccc1CN(C[C@@H]1CCC(=O)N1)C(=O)O. The third-order valence-corrected chi connectivity index (χ3v) is 11.2. The average Bonchev–Trinajstić information content (AvgIpc) is 3.93. The summed E-state index contributed by atoms with van der Waals surface area (Å²) in [5.41, 5.74) is 5.91. The Bertz CT molecular complexity index is 2330. The quantitative estimate of drug-likeness (QED) is 0.123. The molecule has 1 atom stereocenters. The first-order valence-corrected chi connectivity index (χ1v) is 19.5. The van der Waals surface area contributed by atoms with E-state index in [9.17, 15) is 19.5 Å². The minimum Gasteiger partial charge on any atom is -0.481 e. The zero-order chi connectivity index (χ0) is 40.4. The van der Waals surface area contributed by atoms with E-state index in [0.29, 0.717) is 65.0 Å². The first-order chi connectivity index (χ1) is 27.4. The maximum atomic E-state index is 13.7. The van der Waals surface area contributed by atoms with Crippen molar-refractivity contribution in [2.45, 2.75) is 64.7 Å². The Hall–Kier alpha value is -5.51. The van der Waals surface area contributed by atoms with Crippen LogP contribution in [0.4, 0.5) is 10.5 Å². The number of carbonyl (C=O) groups is 3. The summed E-state index contributed by atoms with van der Waals surface area (Å²) in [4.78, 5) is 55.0. The van der Waals surface area contributed by atoms with Gasteiger partial charge in [0.05, 0.1) is 52.7 Å². The van der Waals surface area contributed by atoms with Gasteiger partial charge in [0.2, 0.25) is 11.8 Å². The van der Waals surface area contributed by atoms with Gasteiger partial charge in [0.15, 0.2) is 5.82 Å². The van der Waals surface area contributed by atoms with E-state index in [1.807, 2.05) is 22.5 Å². The van der Waals surface area contributed by atoms with Crippen LogP contribution in [-0.2, 0) is 37.8 Å². The van der Waals surface area contributed by atoms with Crippen LogP contribution in [0.5, 0.6) is 5.88 Å². The molecule has 5 aromatic rings. The van der Waals surface area contributed by atoms with Crippen molar-refractivity contribution < 1.29 is 24.2 Å². The largest absolute Gasteiger partial charge is 0.481 e. The molecule has 4 aromatic heterocycles. The number of nitrogens with one attached hydrogen (secondary N) is 2. The Balaban J connectivity index is 1.06. The van der Waals surface area contributed by atoms with E-state index in [-0.39, 0.29) is 41.0 Å². The zero-order valence-electron chi connectivity index (χ0n) is 32.1. The number of fused-ring (bicyclic) bond motifs is 1. The second-order valence-corrected chi connectivity index (χ2v) is 15.3. The minimum absolute atomic E-state index is 0.00730. The van der Waals surface area contributed by atoms with Gasteiger partial charge in [0.1, 0.15) is 0 Å². The molecule has 0 unspecified atom stereocenters. The number of nitrogens with zero attached hydrogens (tertiary/aromatic N) is 8. The predicted octanol–water partition coefficient (Wildman–Crippen LogP) is 6.25. The summed E-state index contributed by atoms with van der Waals surface area (Å²) in [5.74, 6) is 0.0378. The lowest BCUT2D eigenvalue weighted by Gasteiger charge is -2.26. The number of anilines is 1. The molecule has 1 fully saturated rings. The van der Waals surface area contributed by atoms with Crippen molar-refractivity contribution in [1.29, 1.82) is 0 Å². The van der Waals surface area contributed by atoms with Crippen molar-refractivity contribution in [1.82, 2.24) is 44.4 Å². The van der Waals surface area contributed by atoms with Crippen molar-refractivity contribution in [3.05, 3.63) is 93.4 Å². The van der Waals surface area contributed by atoms with Crippen LogP contribution >= 0.6 is 23.2 Å². The van der Waals surface area contributed by atoms with Gasteiger partial charge in [-0.05, 0) is 56.5 Å². The second-order valence-electron chi connectivity index (χ2n) is 14.6. The molecule has 1 saturated heterocycles. The summed E-state index contributed by atoms with van der Waals surface area (Å²) in [5, 5.41) is 20.6. The van der Waals surface area contributed by atoms with Crippen molar-refractivity contribution >= 4 is 46.8 Å². The number of aromatic nitrogens is 6. The highest BCUT2D eigenvalue weighted by molar-refractivity contribution is 6.39. The van der Waals surface area contributed by atoms with E-state index < -0.39 is 12.0 Å². The number of amides is 3. The van der Waals surface area contributed by atoms with Gasteiger partial charge >= 0.3 is 6.09 Å². The molecule has 0 radical (unpaired) electrons. The molecule has 57 heavy (non-hydrogen) atoms. The highest BCUT2D eigenvalue weighted by Gasteiger charge is 2.28. The number of hydrogen-bond acceptors (Lipinski definition) is 9. The molecule has 3 amide bonds. The average molecular weight is 816 g/mol. The number of pyridine rings is 2. The lowest BCUT2D eigenvalue weighted by molar-refractivity contribution is -0.119. The number of hydrogen-bond donors (Lipinski definition) is 3. The van der Waals surface area contributed by atoms with E-state index >= 15 is 0 Å². The minimum atomic E-state index is -1.12. The van der Waals surface area contributed by atoms with Crippen molar-refractivity contribution in [3.63, 3.8) is 0 Å². The molecule has 2 aliphatic heterocycles. The monoisotopic (exact) mass is 814 g/mol. The lowest BCUT2D eigenvalue weighted by Crippen LogP contribution is -2.41. The molecule has 1 aromatic carbocycles. The van der Waals surface area contributed by atoms with Crippen LogP contribution in [0.2, 0.25) is 10.0 Å². The third-order valence-electron chi connectivity index (χ3n) is 10.4. The number of rotatable bonds is 13. The number of ether oxygens (including phenoxy) is 1. The van der Waals surface area contributed by atoms with Crippen molar-refractivity contribution in [3.8, 4) is 28.4 Å². The summed E-state index contributed by atoms with van der Waals surface area (Å²) in [6.45, 7) is 6.75. The molecule has 2 aliphatic rings. The molecule has 0 spiro atoms. The molecule has 0 saturated carbocycles. The maximum absolute atomic E-state index is 13.7. The smallest absolute Gasteiger partial charge is 0.407 e. The van der Waals surface area contributed by atoms with Crippen LogP contribution in [0.3, 0.4) is 0 Å². The molecular formula is C40H44Cl2N10O5. The molecule has 0 bridgehead atoms. The number of carboxylic acid groups (broad SMARTS) is 1. The maximum Gasteiger partial charge on any atom is 0.407 e. The molecule has 0 aliphatic carbocycles. The molecule has 6 heterocycles. The fraction of sp³-hybridized carbons (Fsp3) is 0.375. The van der Waals surface area contributed by atoms with Crippen LogP contribution in [0.15, 0.2) is 55.0 Å². The summed E-state index contributed by atoms with van der Waals surface area (Å²) >= 11 is 14.0. The van der Waals surface area contributed by atoms with E-state index in [0.717, 1.165) is 37.3 Å². The molecule has 17 heteroatoms. The number of benzene rings is 1. The lowest BCUT2D eigenvalue weighted by atomic mass is 10.1. The van der Waals surface area contributed by atoms with Crippen LogP contribution < -0.4 is 15.4 Å². The molecule has 7 rings (SSSR count). The van der Waals surface area contributed by atoms with Gasteiger partial charge in [-0.2, -0.15) is 5.10 Å². The molecular weight excluding hydrogens is 771 g/mol. The fourth-order valence-corrected chi connectivity index (χ4v) is 7.86. The zero-order valence-corrected chi connectivity index (χ0v) is 33.6. The summed E-state index contributed by atoms with van der Waals surface area (Å²) < 4.78 is 9.41. The van der Waals surface area contributed by atoms with E-state index in [1.165, 1.54) is 17.6 Å². The van der Waals surface area contributed by atoms with E-state index in [4.69, 9.17) is 32.9 Å². The number of imidazole rings is 1. The van der Waals surface area contributed by atoms with Crippen molar-refractivity contribution in [2.75, 3.05) is 32.1 Å². The second kappa shape index (κ2) is 16.9. The number of carbonyl (C=O) groups excluding carboxylic acids is 2. The topological polar surface area (TPSA) is 173 Å².